The normalized spacial score (nSPS) is 11.4. The van der Waals surface area contributed by atoms with Gasteiger partial charge in [-0.3, -0.25) is 14.4 Å². The van der Waals surface area contributed by atoms with Gasteiger partial charge in [0.05, 0.1) is 42.5 Å². The van der Waals surface area contributed by atoms with Crippen LogP contribution in [-0.2, 0) is 4.79 Å². The van der Waals surface area contributed by atoms with Crippen molar-refractivity contribution < 1.29 is 24.3 Å². The second-order valence-corrected chi connectivity index (χ2v) is 11.3. The van der Waals surface area contributed by atoms with E-state index in [2.05, 4.69) is 10.6 Å². The van der Waals surface area contributed by atoms with Gasteiger partial charge in [-0.15, -0.1) is 11.8 Å². The summed E-state index contributed by atoms with van der Waals surface area (Å²) in [6.45, 7) is 0. The molecule has 0 radical (unpaired) electrons. The minimum absolute atomic E-state index is 0.178. The molecule has 0 aliphatic carbocycles. The number of rotatable bonds is 9. The highest BCUT2D eigenvalue weighted by atomic mass is 35.5. The number of carboxylic acid groups (broad SMARTS) is 1. The van der Waals surface area contributed by atoms with Gasteiger partial charge < -0.3 is 21.5 Å². The number of para-hydroxylation sites is 1. The molecule has 0 aliphatic heterocycles. The number of anilines is 2. The lowest BCUT2D eigenvalue weighted by atomic mass is 10.1. The maximum Gasteiger partial charge on any atom is 0.338 e. The van der Waals surface area contributed by atoms with E-state index in [4.69, 9.17) is 52.1 Å². The Morgan fingerprint density at radius 3 is 1.88 bits per heavy atom. The third-order valence-electron chi connectivity index (χ3n) is 5.86. The smallest absolute Gasteiger partial charge is 0.338 e. The molecule has 42 heavy (non-hydrogen) atoms. The van der Waals surface area contributed by atoms with Crippen molar-refractivity contribution in [3.05, 3.63) is 121 Å². The molecule has 4 rings (SSSR count). The highest BCUT2D eigenvalue weighted by Gasteiger charge is 2.29. The molecule has 5 N–H and O–H groups in total. The summed E-state index contributed by atoms with van der Waals surface area (Å²) < 4.78 is 0. The largest absolute Gasteiger partial charge is 0.478 e. The Morgan fingerprint density at radius 2 is 1.29 bits per heavy atom. The number of nitrogens with two attached hydrogens (primary N) is 1. The van der Waals surface area contributed by atoms with Crippen molar-refractivity contribution in [1.82, 2.24) is 0 Å². The van der Waals surface area contributed by atoms with E-state index in [1.165, 1.54) is 17.8 Å². The van der Waals surface area contributed by atoms with Crippen molar-refractivity contribution in [2.45, 2.75) is 10.1 Å². The highest BCUT2D eigenvalue weighted by molar-refractivity contribution is 8.00. The van der Waals surface area contributed by atoms with Crippen molar-refractivity contribution >= 4 is 93.2 Å². The van der Waals surface area contributed by atoms with E-state index in [0.717, 1.165) is 0 Å². The fraction of sp³-hybridized carbons (Fsp3) is 0.0345. The van der Waals surface area contributed by atoms with Crippen LogP contribution in [-0.4, -0.2) is 28.8 Å². The highest BCUT2D eigenvalue weighted by Crippen LogP contribution is 2.42. The fourth-order valence-corrected chi connectivity index (χ4v) is 5.94. The molecule has 0 heterocycles. The molecule has 3 amide bonds. The van der Waals surface area contributed by atoms with Crippen molar-refractivity contribution in [3.8, 4) is 0 Å². The number of amides is 3. The molecule has 0 saturated carbocycles. The standard InChI is InChI=1S/C29H19Cl4N3O5S/c30-21-19(20(29(40)41)22(31)24(33)23(21)32)27(38)35-15-10-12-16(13-11-15)42-25(14-6-2-1-3-7-14)28(39)36-18-9-5-4-8-17(18)26(34)37/h1-13,25H,(H2,34,37)(H,35,38)(H,36,39)(H,40,41). The first-order valence-electron chi connectivity index (χ1n) is 11.9. The summed E-state index contributed by atoms with van der Waals surface area (Å²) in [7, 11) is 0. The Morgan fingerprint density at radius 1 is 0.714 bits per heavy atom. The zero-order valence-electron chi connectivity index (χ0n) is 21.2. The van der Waals surface area contributed by atoms with Crippen LogP contribution in [0.5, 0.6) is 0 Å². The summed E-state index contributed by atoms with van der Waals surface area (Å²) in [6, 6.07) is 21.9. The maximum atomic E-state index is 13.4. The second-order valence-electron chi connectivity index (χ2n) is 8.60. The Bertz CT molecular complexity index is 1700. The van der Waals surface area contributed by atoms with Crippen molar-refractivity contribution in [1.29, 1.82) is 0 Å². The number of carbonyl (C=O) groups is 4. The summed E-state index contributed by atoms with van der Waals surface area (Å²) in [5.74, 6) is -3.44. The van der Waals surface area contributed by atoms with Crippen molar-refractivity contribution in [2.75, 3.05) is 10.6 Å². The van der Waals surface area contributed by atoms with Gasteiger partial charge in [0.15, 0.2) is 0 Å². The molecule has 0 fully saturated rings. The first kappa shape index (κ1) is 31.2. The van der Waals surface area contributed by atoms with E-state index in [1.54, 1.807) is 66.7 Å². The summed E-state index contributed by atoms with van der Waals surface area (Å²) in [5, 5.41) is 12.9. The van der Waals surface area contributed by atoms with Crippen LogP contribution in [0.4, 0.5) is 11.4 Å². The van der Waals surface area contributed by atoms with E-state index in [0.29, 0.717) is 16.1 Å². The number of halogens is 4. The maximum absolute atomic E-state index is 13.4. The van der Waals surface area contributed by atoms with Crippen molar-refractivity contribution in [3.63, 3.8) is 0 Å². The predicted molar refractivity (Wildman–Crippen MR) is 166 cm³/mol. The zero-order valence-corrected chi connectivity index (χ0v) is 25.0. The summed E-state index contributed by atoms with van der Waals surface area (Å²) in [6.07, 6.45) is 0. The molecule has 0 bridgehead atoms. The molecular formula is C29H19Cl4N3O5S. The van der Waals surface area contributed by atoms with E-state index in [-0.39, 0.29) is 32.2 Å². The molecule has 4 aromatic rings. The molecule has 8 nitrogen and oxygen atoms in total. The van der Waals surface area contributed by atoms with Crippen LogP contribution in [0.25, 0.3) is 0 Å². The number of carboxylic acids is 1. The van der Waals surface area contributed by atoms with Gasteiger partial charge in [-0.25, -0.2) is 4.79 Å². The van der Waals surface area contributed by atoms with Gasteiger partial charge in [-0.05, 0) is 42.0 Å². The Kier molecular flexibility index (Phi) is 10.0. The Hall–Kier alpha value is -3.73. The molecule has 4 aromatic carbocycles. The number of primary amides is 1. The Balaban J connectivity index is 1.58. The van der Waals surface area contributed by atoms with Crippen LogP contribution in [0.15, 0.2) is 83.8 Å². The first-order chi connectivity index (χ1) is 20.0. The number of carbonyl (C=O) groups excluding carboxylic acids is 3. The van der Waals surface area contributed by atoms with Gasteiger partial charge >= 0.3 is 5.97 Å². The molecule has 0 aliphatic rings. The van der Waals surface area contributed by atoms with Gasteiger partial charge in [0.2, 0.25) is 5.91 Å². The summed E-state index contributed by atoms with van der Waals surface area (Å²) in [5.41, 5.74) is 5.90. The average molecular weight is 663 g/mol. The van der Waals surface area contributed by atoms with Crippen LogP contribution in [0.2, 0.25) is 20.1 Å². The van der Waals surface area contributed by atoms with E-state index >= 15 is 0 Å². The van der Waals surface area contributed by atoms with Crippen LogP contribution < -0.4 is 16.4 Å². The van der Waals surface area contributed by atoms with Gasteiger partial charge in [0.1, 0.15) is 5.25 Å². The van der Waals surface area contributed by atoms with Gasteiger partial charge in [0, 0.05) is 10.6 Å². The van der Waals surface area contributed by atoms with Crippen LogP contribution >= 0.6 is 58.2 Å². The van der Waals surface area contributed by atoms with E-state index in [1.807, 2.05) is 6.07 Å². The van der Waals surface area contributed by atoms with Crippen molar-refractivity contribution in [2.24, 2.45) is 5.73 Å². The number of nitrogens with one attached hydrogen (secondary N) is 2. The quantitative estimate of drug-likeness (QED) is 0.0819. The van der Waals surface area contributed by atoms with E-state index in [9.17, 15) is 24.3 Å². The lowest BCUT2D eigenvalue weighted by molar-refractivity contribution is -0.115. The lowest BCUT2D eigenvalue weighted by Gasteiger charge is -2.18. The van der Waals surface area contributed by atoms with Crippen LogP contribution in [0.1, 0.15) is 41.9 Å². The van der Waals surface area contributed by atoms with Gasteiger partial charge in [-0.2, -0.15) is 0 Å². The van der Waals surface area contributed by atoms with Crippen LogP contribution in [0, 0.1) is 0 Å². The molecule has 13 heteroatoms. The molecule has 1 unspecified atom stereocenters. The molecular weight excluding hydrogens is 644 g/mol. The SMILES string of the molecule is NC(=O)c1ccccc1NC(=O)C(Sc1ccc(NC(=O)c2c(Cl)c(Cl)c(Cl)c(Cl)c2C(=O)O)cc1)c1ccccc1. The first-order valence-corrected chi connectivity index (χ1v) is 14.3. The molecule has 1 atom stereocenters. The lowest BCUT2D eigenvalue weighted by Crippen LogP contribution is -2.22. The monoisotopic (exact) mass is 661 g/mol. The minimum atomic E-state index is -1.51. The molecule has 0 spiro atoms. The molecule has 0 saturated heterocycles. The number of benzene rings is 4. The topological polar surface area (TPSA) is 139 Å². The zero-order chi connectivity index (χ0) is 30.6. The molecule has 0 aromatic heterocycles. The number of hydrogen-bond donors (Lipinski definition) is 4. The average Bonchev–Trinajstić information content (AvgIpc) is 2.97. The summed E-state index contributed by atoms with van der Waals surface area (Å²) >= 11 is 25.5. The number of thioether (sulfide) groups is 1. The number of aromatic carboxylic acids is 1. The Labute approximate surface area is 264 Å². The predicted octanol–water partition coefficient (Wildman–Crippen LogP) is 7.82. The van der Waals surface area contributed by atoms with Gasteiger partial charge in [0.25, 0.3) is 11.8 Å². The minimum Gasteiger partial charge on any atom is -0.478 e. The number of hydrogen-bond acceptors (Lipinski definition) is 5. The third kappa shape index (κ3) is 6.83. The fourth-order valence-electron chi connectivity index (χ4n) is 3.90. The van der Waals surface area contributed by atoms with E-state index < -0.39 is 39.2 Å². The summed E-state index contributed by atoms with van der Waals surface area (Å²) in [4.78, 5) is 50.8. The third-order valence-corrected chi connectivity index (χ3v) is 8.93. The molecule has 214 valence electrons. The van der Waals surface area contributed by atoms with Crippen LogP contribution in [0.3, 0.4) is 0 Å². The second kappa shape index (κ2) is 13.5. The van der Waals surface area contributed by atoms with Gasteiger partial charge in [-0.1, -0.05) is 88.9 Å².